The molecular weight excluding hydrogens is 268 g/mol. The van der Waals surface area contributed by atoms with Crippen molar-refractivity contribution in [1.82, 2.24) is 10.6 Å². The molecule has 0 radical (unpaired) electrons. The minimum Gasteiger partial charge on any atom is -0.481 e. The molecule has 0 spiro atoms. The van der Waals surface area contributed by atoms with Crippen LogP contribution < -0.4 is 10.6 Å². The Labute approximate surface area is 128 Å². The second-order valence-electron chi connectivity index (χ2n) is 7.04. The third kappa shape index (κ3) is 8.58. The molecule has 2 atom stereocenters. The van der Waals surface area contributed by atoms with Crippen molar-refractivity contribution in [2.75, 3.05) is 6.54 Å². The van der Waals surface area contributed by atoms with Gasteiger partial charge in [0, 0.05) is 12.6 Å². The molecule has 0 rings (SSSR count). The lowest BCUT2D eigenvalue weighted by Gasteiger charge is -2.29. The largest absolute Gasteiger partial charge is 0.481 e. The molecule has 2 unspecified atom stereocenters. The van der Waals surface area contributed by atoms with E-state index in [1.54, 1.807) is 6.92 Å². The molecule has 0 fully saturated rings. The van der Waals surface area contributed by atoms with Gasteiger partial charge < -0.3 is 15.7 Å². The maximum absolute atomic E-state index is 11.8. The van der Waals surface area contributed by atoms with Crippen molar-refractivity contribution in [3.63, 3.8) is 0 Å². The van der Waals surface area contributed by atoms with Gasteiger partial charge in [0.15, 0.2) is 0 Å². The number of hydrogen-bond donors (Lipinski definition) is 3. The molecular formula is C16H32N2O3. The normalized spacial score (nSPS) is 14.6. The Morgan fingerprint density at radius 3 is 2.14 bits per heavy atom. The summed E-state index contributed by atoms with van der Waals surface area (Å²) in [5, 5.41) is 14.6. The molecule has 3 N–H and O–H groups in total. The number of carbonyl (C=O) groups excluding carboxylic acids is 1. The maximum Gasteiger partial charge on any atom is 0.315 e. The lowest BCUT2D eigenvalue weighted by molar-refractivity contribution is -0.141. The van der Waals surface area contributed by atoms with E-state index >= 15 is 0 Å². The fourth-order valence-electron chi connectivity index (χ4n) is 1.71. The summed E-state index contributed by atoms with van der Waals surface area (Å²) in [6, 6.07) is -0.101. The third-order valence-electron chi connectivity index (χ3n) is 4.34. The Kier molecular flexibility index (Phi) is 8.37. The quantitative estimate of drug-likeness (QED) is 0.611. The molecule has 0 aromatic carbocycles. The average molecular weight is 300 g/mol. The monoisotopic (exact) mass is 300 g/mol. The van der Waals surface area contributed by atoms with E-state index in [1.165, 1.54) is 0 Å². The summed E-state index contributed by atoms with van der Waals surface area (Å²) in [5.74, 6) is -0.588. The van der Waals surface area contributed by atoms with Gasteiger partial charge >= 0.3 is 12.0 Å². The predicted molar refractivity (Wildman–Crippen MR) is 85.3 cm³/mol. The van der Waals surface area contributed by atoms with E-state index < -0.39 is 5.97 Å². The van der Waals surface area contributed by atoms with Crippen LogP contribution in [0.3, 0.4) is 0 Å². The van der Waals surface area contributed by atoms with Gasteiger partial charge in [-0.1, -0.05) is 41.0 Å². The van der Waals surface area contributed by atoms with Crippen LogP contribution in [0.15, 0.2) is 0 Å². The Morgan fingerprint density at radius 2 is 1.67 bits per heavy atom. The molecule has 0 aromatic heterocycles. The Morgan fingerprint density at radius 1 is 1.10 bits per heavy atom. The summed E-state index contributed by atoms with van der Waals surface area (Å²) < 4.78 is 0. The number of rotatable bonds is 9. The van der Waals surface area contributed by atoms with Crippen molar-refractivity contribution in [3.8, 4) is 0 Å². The zero-order valence-corrected chi connectivity index (χ0v) is 14.3. The summed E-state index contributed by atoms with van der Waals surface area (Å²) in [7, 11) is 0. The van der Waals surface area contributed by atoms with Crippen LogP contribution in [0, 0.1) is 17.3 Å². The van der Waals surface area contributed by atoms with Crippen molar-refractivity contribution in [2.24, 2.45) is 17.3 Å². The molecule has 0 saturated carbocycles. The molecule has 0 saturated heterocycles. The first-order valence-electron chi connectivity index (χ1n) is 7.83. The molecule has 2 amide bonds. The highest BCUT2D eigenvalue weighted by Crippen LogP contribution is 2.24. The Hall–Kier alpha value is -1.26. The summed E-state index contributed by atoms with van der Waals surface area (Å²) >= 11 is 0. The standard InChI is InChI=1S/C16H32N2O3/c1-11(2)16(5,6)10-17-15(21)18-13(4)9-7-8-12(3)14(19)20/h11-13H,7-10H2,1-6H3,(H,19,20)(H2,17,18,21). The zero-order valence-electron chi connectivity index (χ0n) is 14.3. The number of carboxylic acid groups (broad SMARTS) is 1. The van der Waals surface area contributed by atoms with Gasteiger partial charge in [0.1, 0.15) is 0 Å². The van der Waals surface area contributed by atoms with E-state index in [1.807, 2.05) is 6.92 Å². The number of nitrogens with one attached hydrogen (secondary N) is 2. The summed E-state index contributed by atoms with van der Waals surface area (Å²) in [4.78, 5) is 22.5. The van der Waals surface area contributed by atoms with E-state index in [-0.39, 0.29) is 23.4 Å². The van der Waals surface area contributed by atoms with Crippen LogP contribution >= 0.6 is 0 Å². The lowest BCUT2D eigenvalue weighted by atomic mass is 9.81. The van der Waals surface area contributed by atoms with Gasteiger partial charge in [-0.15, -0.1) is 0 Å². The lowest BCUT2D eigenvalue weighted by Crippen LogP contribution is -2.45. The average Bonchev–Trinajstić information content (AvgIpc) is 2.35. The van der Waals surface area contributed by atoms with Crippen LogP contribution in [-0.2, 0) is 4.79 Å². The Bertz CT molecular complexity index is 340. The second kappa shape index (κ2) is 8.90. The molecule has 5 heteroatoms. The van der Waals surface area contributed by atoms with Crippen LogP contribution in [0.25, 0.3) is 0 Å². The number of carboxylic acids is 1. The van der Waals surface area contributed by atoms with Crippen molar-refractivity contribution in [1.29, 1.82) is 0 Å². The second-order valence-corrected chi connectivity index (χ2v) is 7.04. The fraction of sp³-hybridized carbons (Fsp3) is 0.875. The maximum atomic E-state index is 11.8. The molecule has 21 heavy (non-hydrogen) atoms. The highest BCUT2D eigenvalue weighted by Gasteiger charge is 2.23. The van der Waals surface area contributed by atoms with Gasteiger partial charge in [-0.05, 0) is 31.1 Å². The van der Waals surface area contributed by atoms with Crippen LogP contribution in [0.2, 0.25) is 0 Å². The zero-order chi connectivity index (χ0) is 16.6. The van der Waals surface area contributed by atoms with Crippen molar-refractivity contribution in [3.05, 3.63) is 0 Å². The van der Waals surface area contributed by atoms with Crippen molar-refractivity contribution in [2.45, 2.75) is 66.8 Å². The minimum absolute atomic E-state index is 0.0492. The first-order chi connectivity index (χ1) is 9.56. The van der Waals surface area contributed by atoms with Gasteiger partial charge in [-0.2, -0.15) is 0 Å². The van der Waals surface area contributed by atoms with E-state index in [0.717, 1.165) is 12.8 Å². The van der Waals surface area contributed by atoms with E-state index in [2.05, 4.69) is 38.3 Å². The van der Waals surface area contributed by atoms with Crippen LogP contribution in [0.5, 0.6) is 0 Å². The van der Waals surface area contributed by atoms with Gasteiger partial charge in [-0.3, -0.25) is 4.79 Å². The fourth-order valence-corrected chi connectivity index (χ4v) is 1.71. The Balaban J connectivity index is 3.92. The smallest absolute Gasteiger partial charge is 0.315 e. The minimum atomic E-state index is -0.760. The SMILES string of the molecule is CC(CCCC(C)C(=O)O)NC(=O)NCC(C)(C)C(C)C. The van der Waals surface area contributed by atoms with Crippen molar-refractivity contribution < 1.29 is 14.7 Å². The molecule has 0 heterocycles. The van der Waals surface area contributed by atoms with Gasteiger partial charge in [0.05, 0.1) is 5.92 Å². The molecule has 0 bridgehead atoms. The van der Waals surface area contributed by atoms with Gasteiger partial charge in [-0.25, -0.2) is 4.79 Å². The number of aliphatic carboxylic acids is 1. The summed E-state index contributed by atoms with van der Waals surface area (Å²) in [5.41, 5.74) is 0.0670. The summed E-state index contributed by atoms with van der Waals surface area (Å²) in [6.45, 7) is 12.8. The highest BCUT2D eigenvalue weighted by atomic mass is 16.4. The topological polar surface area (TPSA) is 78.4 Å². The first kappa shape index (κ1) is 19.7. The number of amides is 2. The summed E-state index contributed by atoms with van der Waals surface area (Å²) in [6.07, 6.45) is 2.23. The molecule has 0 aliphatic carbocycles. The molecule has 124 valence electrons. The number of urea groups is 1. The highest BCUT2D eigenvalue weighted by molar-refractivity contribution is 5.74. The van der Waals surface area contributed by atoms with Crippen LogP contribution in [-0.4, -0.2) is 29.7 Å². The van der Waals surface area contributed by atoms with Crippen LogP contribution in [0.4, 0.5) is 4.79 Å². The number of hydrogen-bond acceptors (Lipinski definition) is 2. The van der Waals surface area contributed by atoms with E-state index in [4.69, 9.17) is 5.11 Å². The van der Waals surface area contributed by atoms with Crippen molar-refractivity contribution >= 4 is 12.0 Å². The molecule has 0 aromatic rings. The molecule has 0 aliphatic rings. The van der Waals surface area contributed by atoms with Crippen LogP contribution in [0.1, 0.15) is 60.8 Å². The molecule has 0 aliphatic heterocycles. The van der Waals surface area contributed by atoms with Gasteiger partial charge in [0.25, 0.3) is 0 Å². The van der Waals surface area contributed by atoms with Gasteiger partial charge in [0.2, 0.25) is 0 Å². The first-order valence-corrected chi connectivity index (χ1v) is 7.83. The number of carbonyl (C=O) groups is 2. The molecule has 5 nitrogen and oxygen atoms in total. The third-order valence-corrected chi connectivity index (χ3v) is 4.34. The van der Waals surface area contributed by atoms with E-state index in [0.29, 0.717) is 18.9 Å². The predicted octanol–water partition coefficient (Wildman–Crippen LogP) is 3.25. The van der Waals surface area contributed by atoms with E-state index in [9.17, 15) is 9.59 Å².